The molecule has 17 heavy (non-hydrogen) atoms. The Kier molecular flexibility index (Phi) is 3.76. The predicted molar refractivity (Wildman–Crippen MR) is 67.1 cm³/mol. The summed E-state index contributed by atoms with van der Waals surface area (Å²) in [6.07, 6.45) is -0.0622. The molecule has 1 aromatic carbocycles. The Morgan fingerprint density at radius 3 is 2.65 bits per heavy atom. The number of rotatable bonds is 2. The summed E-state index contributed by atoms with van der Waals surface area (Å²) >= 11 is 0. The van der Waals surface area contributed by atoms with Gasteiger partial charge in [0.25, 0.3) is 0 Å². The van der Waals surface area contributed by atoms with Gasteiger partial charge >= 0.3 is 0 Å². The number of piperazine rings is 1. The fourth-order valence-electron chi connectivity index (χ4n) is 2.15. The maximum atomic E-state index is 11.3. The zero-order valence-electron chi connectivity index (χ0n) is 10.2. The van der Waals surface area contributed by atoms with Crippen LogP contribution in [0.1, 0.15) is 12.5 Å². The van der Waals surface area contributed by atoms with Gasteiger partial charge in [-0.2, -0.15) is 0 Å². The molecule has 1 heterocycles. The SMILES string of the molecule is CC(=O)N1CCN(Cc2ccccc2)C(N)C1. The topological polar surface area (TPSA) is 49.6 Å². The summed E-state index contributed by atoms with van der Waals surface area (Å²) in [5.41, 5.74) is 7.35. The van der Waals surface area contributed by atoms with Gasteiger partial charge < -0.3 is 10.6 Å². The second kappa shape index (κ2) is 5.29. The van der Waals surface area contributed by atoms with Gasteiger partial charge in [0.2, 0.25) is 5.91 Å². The third kappa shape index (κ3) is 3.05. The van der Waals surface area contributed by atoms with Crippen molar-refractivity contribution in [3.8, 4) is 0 Å². The Labute approximate surface area is 102 Å². The minimum atomic E-state index is -0.0622. The van der Waals surface area contributed by atoms with E-state index in [1.54, 1.807) is 6.92 Å². The second-order valence-corrected chi connectivity index (χ2v) is 4.49. The molecule has 92 valence electrons. The van der Waals surface area contributed by atoms with Gasteiger partial charge in [-0.1, -0.05) is 30.3 Å². The van der Waals surface area contributed by atoms with E-state index in [2.05, 4.69) is 17.0 Å². The van der Waals surface area contributed by atoms with Gasteiger partial charge in [-0.25, -0.2) is 0 Å². The number of amides is 1. The van der Waals surface area contributed by atoms with Crippen LogP contribution in [0.5, 0.6) is 0 Å². The number of nitrogens with zero attached hydrogens (tertiary/aromatic N) is 2. The lowest BCUT2D eigenvalue weighted by atomic mass is 10.2. The summed E-state index contributed by atoms with van der Waals surface area (Å²) in [6, 6.07) is 10.3. The maximum absolute atomic E-state index is 11.3. The van der Waals surface area contributed by atoms with Crippen LogP contribution < -0.4 is 5.73 Å². The number of hydrogen-bond donors (Lipinski definition) is 1. The van der Waals surface area contributed by atoms with E-state index in [0.717, 1.165) is 19.6 Å². The molecule has 0 aromatic heterocycles. The molecule has 4 heteroatoms. The number of carbonyl (C=O) groups excluding carboxylic acids is 1. The first-order valence-corrected chi connectivity index (χ1v) is 5.96. The summed E-state index contributed by atoms with van der Waals surface area (Å²) in [6.45, 7) is 4.70. The Bertz CT molecular complexity index is 380. The lowest BCUT2D eigenvalue weighted by Crippen LogP contribution is -2.57. The monoisotopic (exact) mass is 233 g/mol. The third-order valence-corrected chi connectivity index (χ3v) is 3.21. The minimum absolute atomic E-state index is 0.0622. The molecule has 4 nitrogen and oxygen atoms in total. The van der Waals surface area contributed by atoms with E-state index in [9.17, 15) is 4.79 Å². The molecule has 1 fully saturated rings. The molecule has 1 saturated heterocycles. The summed E-state index contributed by atoms with van der Waals surface area (Å²) < 4.78 is 0. The maximum Gasteiger partial charge on any atom is 0.219 e. The van der Waals surface area contributed by atoms with Crippen molar-refractivity contribution in [3.05, 3.63) is 35.9 Å². The molecule has 1 aromatic rings. The minimum Gasteiger partial charge on any atom is -0.339 e. The van der Waals surface area contributed by atoms with Crippen LogP contribution in [0.15, 0.2) is 30.3 Å². The van der Waals surface area contributed by atoms with Crippen LogP contribution in [-0.2, 0) is 11.3 Å². The first-order valence-electron chi connectivity index (χ1n) is 5.96. The van der Waals surface area contributed by atoms with Crippen molar-refractivity contribution in [2.45, 2.75) is 19.6 Å². The van der Waals surface area contributed by atoms with Gasteiger partial charge in [-0.3, -0.25) is 9.69 Å². The van der Waals surface area contributed by atoms with Gasteiger partial charge in [-0.05, 0) is 5.56 Å². The molecule has 0 aliphatic carbocycles. The van der Waals surface area contributed by atoms with Crippen molar-refractivity contribution in [2.75, 3.05) is 19.6 Å². The Morgan fingerprint density at radius 2 is 2.06 bits per heavy atom. The number of hydrogen-bond acceptors (Lipinski definition) is 3. The Hall–Kier alpha value is -1.39. The van der Waals surface area contributed by atoms with Gasteiger partial charge in [0.15, 0.2) is 0 Å². The molecule has 0 bridgehead atoms. The highest BCUT2D eigenvalue weighted by molar-refractivity contribution is 5.73. The van der Waals surface area contributed by atoms with E-state index in [4.69, 9.17) is 5.73 Å². The first kappa shape index (κ1) is 12.1. The third-order valence-electron chi connectivity index (χ3n) is 3.21. The van der Waals surface area contributed by atoms with Crippen LogP contribution in [0.2, 0.25) is 0 Å². The summed E-state index contributed by atoms with van der Waals surface area (Å²) in [4.78, 5) is 15.3. The summed E-state index contributed by atoms with van der Waals surface area (Å²) in [5.74, 6) is 0.111. The molecule has 1 amide bonds. The molecule has 1 unspecified atom stereocenters. The zero-order chi connectivity index (χ0) is 12.3. The van der Waals surface area contributed by atoms with Crippen molar-refractivity contribution in [2.24, 2.45) is 5.73 Å². The molecule has 2 rings (SSSR count). The van der Waals surface area contributed by atoms with Gasteiger partial charge in [0.05, 0.1) is 6.17 Å². The standard InChI is InChI=1S/C13H19N3O/c1-11(17)15-7-8-16(13(14)10-15)9-12-5-3-2-4-6-12/h2-6,13H,7-10,14H2,1H3. The lowest BCUT2D eigenvalue weighted by molar-refractivity contribution is -0.131. The molecular formula is C13H19N3O. The number of nitrogens with two attached hydrogens (primary N) is 1. The fraction of sp³-hybridized carbons (Fsp3) is 0.462. The molecule has 0 radical (unpaired) electrons. The van der Waals surface area contributed by atoms with Crippen LogP contribution >= 0.6 is 0 Å². The van der Waals surface area contributed by atoms with Crippen molar-refractivity contribution in [1.29, 1.82) is 0 Å². The molecular weight excluding hydrogens is 214 g/mol. The largest absolute Gasteiger partial charge is 0.339 e. The van der Waals surface area contributed by atoms with Gasteiger partial charge in [-0.15, -0.1) is 0 Å². The van der Waals surface area contributed by atoms with Crippen LogP contribution in [0.3, 0.4) is 0 Å². The molecule has 1 aliphatic heterocycles. The highest BCUT2D eigenvalue weighted by atomic mass is 16.2. The van der Waals surface area contributed by atoms with Gasteiger partial charge in [0.1, 0.15) is 0 Å². The van der Waals surface area contributed by atoms with E-state index in [1.807, 2.05) is 23.1 Å². The molecule has 2 N–H and O–H groups in total. The Balaban J connectivity index is 1.94. The van der Waals surface area contributed by atoms with Crippen molar-refractivity contribution in [3.63, 3.8) is 0 Å². The Morgan fingerprint density at radius 1 is 1.35 bits per heavy atom. The highest BCUT2D eigenvalue weighted by Gasteiger charge is 2.25. The zero-order valence-corrected chi connectivity index (χ0v) is 10.2. The van der Waals surface area contributed by atoms with E-state index in [-0.39, 0.29) is 12.1 Å². The van der Waals surface area contributed by atoms with Crippen molar-refractivity contribution >= 4 is 5.91 Å². The van der Waals surface area contributed by atoms with Crippen LogP contribution in [0, 0.1) is 0 Å². The van der Waals surface area contributed by atoms with Gasteiger partial charge in [0, 0.05) is 33.1 Å². The highest BCUT2D eigenvalue weighted by Crippen LogP contribution is 2.11. The number of carbonyl (C=O) groups is 1. The second-order valence-electron chi connectivity index (χ2n) is 4.49. The van der Waals surface area contributed by atoms with Crippen LogP contribution in [0.4, 0.5) is 0 Å². The average molecular weight is 233 g/mol. The summed E-state index contributed by atoms with van der Waals surface area (Å²) in [5, 5.41) is 0. The lowest BCUT2D eigenvalue weighted by Gasteiger charge is -2.39. The molecule has 1 aliphatic rings. The molecule has 1 atom stereocenters. The average Bonchev–Trinajstić information content (AvgIpc) is 2.33. The predicted octanol–water partition coefficient (Wildman–Crippen LogP) is 0.636. The van der Waals surface area contributed by atoms with E-state index in [0.29, 0.717) is 6.54 Å². The quantitative estimate of drug-likeness (QED) is 0.815. The van der Waals surface area contributed by atoms with E-state index >= 15 is 0 Å². The first-order chi connectivity index (χ1) is 8.16. The number of benzene rings is 1. The molecule has 0 saturated carbocycles. The van der Waals surface area contributed by atoms with E-state index in [1.165, 1.54) is 5.56 Å². The van der Waals surface area contributed by atoms with Crippen LogP contribution in [0.25, 0.3) is 0 Å². The molecule has 0 spiro atoms. The van der Waals surface area contributed by atoms with Crippen molar-refractivity contribution < 1.29 is 4.79 Å². The van der Waals surface area contributed by atoms with Crippen LogP contribution in [-0.4, -0.2) is 41.5 Å². The van der Waals surface area contributed by atoms with E-state index < -0.39 is 0 Å². The van der Waals surface area contributed by atoms with Crippen molar-refractivity contribution in [1.82, 2.24) is 9.80 Å². The normalized spacial score (nSPS) is 21.5. The summed E-state index contributed by atoms with van der Waals surface area (Å²) in [7, 11) is 0. The smallest absolute Gasteiger partial charge is 0.219 e. The fourth-order valence-corrected chi connectivity index (χ4v) is 2.15.